The van der Waals surface area contributed by atoms with Gasteiger partial charge in [0, 0.05) is 23.0 Å². The molecule has 0 radical (unpaired) electrons. The lowest BCUT2D eigenvalue weighted by Gasteiger charge is -2.43. The van der Waals surface area contributed by atoms with Crippen molar-refractivity contribution in [2.45, 2.75) is 90.3 Å². The molecule has 0 N–H and O–H groups in total. The lowest BCUT2D eigenvalue weighted by Crippen LogP contribution is -2.46. The molecule has 5 heteroatoms. The third kappa shape index (κ3) is 10.5. The Labute approximate surface area is 340 Å². The van der Waals surface area contributed by atoms with Gasteiger partial charge in [0.1, 0.15) is 34.5 Å². The molecule has 6 aromatic rings. The molecule has 2 unspecified atom stereocenters. The molecule has 0 heterocycles. The first kappa shape index (κ1) is 41.1. The molecule has 6 aromatic carbocycles. The molecule has 0 amide bonds. The van der Waals surface area contributed by atoms with Gasteiger partial charge in [-0.2, -0.15) is 0 Å². The predicted molar refractivity (Wildman–Crippen MR) is 233 cm³/mol. The molecule has 57 heavy (non-hydrogen) atoms. The summed E-state index contributed by atoms with van der Waals surface area (Å²) in [5, 5.41) is 0. The van der Waals surface area contributed by atoms with Crippen LogP contribution in [0.3, 0.4) is 0 Å². The highest BCUT2D eigenvalue weighted by atomic mass is 16.5. The van der Waals surface area contributed by atoms with E-state index in [9.17, 15) is 0 Å². The molecule has 0 aliphatic rings. The van der Waals surface area contributed by atoms with Crippen LogP contribution in [0.2, 0.25) is 0 Å². The summed E-state index contributed by atoms with van der Waals surface area (Å²) in [6.07, 6.45) is 2.94. The molecule has 0 bridgehead atoms. The largest absolute Gasteiger partial charge is 0.497 e. The van der Waals surface area contributed by atoms with Crippen molar-refractivity contribution in [3.63, 3.8) is 0 Å². The topological polar surface area (TPSA) is 46.2 Å². The summed E-state index contributed by atoms with van der Waals surface area (Å²) < 4.78 is 31.3. The van der Waals surface area contributed by atoms with Crippen LogP contribution in [0.4, 0.5) is 0 Å². The van der Waals surface area contributed by atoms with Gasteiger partial charge in [-0.05, 0) is 108 Å². The normalized spacial score (nSPS) is 12.8. The minimum Gasteiger partial charge on any atom is -0.497 e. The second-order valence-corrected chi connectivity index (χ2v) is 15.9. The summed E-state index contributed by atoms with van der Waals surface area (Å²) in [5.74, 6) is 4.50. The Kier molecular flexibility index (Phi) is 13.4. The predicted octanol–water partition coefficient (Wildman–Crippen LogP) is 12.9. The van der Waals surface area contributed by atoms with Crippen LogP contribution >= 0.6 is 0 Å². The Morgan fingerprint density at radius 3 is 1.09 bits per heavy atom. The van der Waals surface area contributed by atoms with Gasteiger partial charge in [0.15, 0.2) is 0 Å². The molecule has 0 saturated carbocycles. The van der Waals surface area contributed by atoms with Crippen LogP contribution in [0.15, 0.2) is 146 Å². The number of rotatable bonds is 18. The van der Waals surface area contributed by atoms with E-state index >= 15 is 0 Å². The third-order valence-corrected chi connectivity index (χ3v) is 11.3. The fraction of sp³-hybridized carbons (Fsp3) is 0.308. The zero-order valence-corrected chi connectivity index (χ0v) is 34.9. The molecular formula is C52H58O5. The van der Waals surface area contributed by atoms with Gasteiger partial charge in [-0.25, -0.2) is 0 Å². The fourth-order valence-corrected chi connectivity index (χ4v) is 7.36. The molecular weight excluding hydrogens is 705 g/mol. The second-order valence-electron chi connectivity index (χ2n) is 15.9. The Morgan fingerprint density at radius 1 is 0.404 bits per heavy atom. The standard InChI is InChI=1S/C52H58O5/c1-9-37-23-27-41(28-24-37)51(3,4)49(33-39-15-11-19-45(31-39)55-47-21-13-17-43(35-47)53-7)57-50(52(5,6)42-29-25-38(10-2)26-30-42)34-40-16-12-20-46(32-40)56-48-22-14-18-44(36-48)54-8/h11-32,35-36,49-50H,9-10,33-34H2,1-8H3. The molecule has 0 aliphatic carbocycles. The van der Waals surface area contributed by atoms with Crippen LogP contribution in [-0.2, 0) is 41.3 Å². The summed E-state index contributed by atoms with van der Waals surface area (Å²) in [4.78, 5) is 0. The molecule has 0 aliphatic heterocycles. The third-order valence-electron chi connectivity index (χ3n) is 11.3. The molecule has 5 nitrogen and oxygen atoms in total. The van der Waals surface area contributed by atoms with E-state index in [0.29, 0.717) is 12.8 Å². The van der Waals surface area contributed by atoms with Crippen molar-refractivity contribution in [2.24, 2.45) is 0 Å². The van der Waals surface area contributed by atoms with Crippen molar-refractivity contribution in [3.8, 4) is 34.5 Å². The maximum absolute atomic E-state index is 7.67. The lowest BCUT2D eigenvalue weighted by molar-refractivity contribution is -0.0753. The number of ether oxygens (including phenoxy) is 5. The van der Waals surface area contributed by atoms with Gasteiger partial charge in [0.25, 0.3) is 0 Å². The van der Waals surface area contributed by atoms with Crippen molar-refractivity contribution >= 4 is 0 Å². The highest BCUT2D eigenvalue weighted by molar-refractivity contribution is 5.41. The Morgan fingerprint density at radius 2 is 0.737 bits per heavy atom. The molecule has 0 aromatic heterocycles. The van der Waals surface area contributed by atoms with E-state index in [2.05, 4.69) is 126 Å². The number of hydrogen-bond acceptors (Lipinski definition) is 5. The van der Waals surface area contributed by atoms with E-state index in [1.54, 1.807) is 14.2 Å². The fourth-order valence-electron chi connectivity index (χ4n) is 7.36. The number of methoxy groups -OCH3 is 2. The van der Waals surface area contributed by atoms with Crippen LogP contribution in [0, 0.1) is 0 Å². The first-order chi connectivity index (χ1) is 27.5. The quantitative estimate of drug-likeness (QED) is 0.0872. The monoisotopic (exact) mass is 762 g/mol. The van der Waals surface area contributed by atoms with E-state index < -0.39 is 0 Å². The van der Waals surface area contributed by atoms with Gasteiger partial charge in [0.2, 0.25) is 0 Å². The number of benzene rings is 6. The van der Waals surface area contributed by atoms with Gasteiger partial charge < -0.3 is 23.7 Å². The van der Waals surface area contributed by atoms with Crippen LogP contribution in [0.1, 0.15) is 74.9 Å². The van der Waals surface area contributed by atoms with Gasteiger partial charge >= 0.3 is 0 Å². The highest BCUT2D eigenvalue weighted by Crippen LogP contribution is 2.39. The SMILES string of the molecule is CCc1ccc(C(C)(C)C(Cc2cccc(Oc3cccc(OC)c3)c2)OC(Cc2cccc(Oc3cccc(OC)c3)c2)C(C)(C)c2ccc(CC)cc2)cc1. The summed E-state index contributed by atoms with van der Waals surface area (Å²) >= 11 is 0. The summed E-state index contributed by atoms with van der Waals surface area (Å²) in [6.45, 7) is 13.7. The smallest absolute Gasteiger partial charge is 0.131 e. The van der Waals surface area contributed by atoms with Crippen LogP contribution < -0.4 is 18.9 Å². The van der Waals surface area contributed by atoms with Crippen LogP contribution in [-0.4, -0.2) is 26.4 Å². The summed E-state index contributed by atoms with van der Waals surface area (Å²) in [6, 6.07) is 50.3. The van der Waals surface area contributed by atoms with E-state index in [1.807, 2.05) is 60.7 Å². The molecule has 2 atom stereocenters. The lowest BCUT2D eigenvalue weighted by atomic mass is 9.74. The van der Waals surface area contributed by atoms with Gasteiger partial charge in [-0.3, -0.25) is 0 Å². The molecule has 0 saturated heterocycles. The molecule has 0 spiro atoms. The maximum Gasteiger partial charge on any atom is 0.131 e. The van der Waals surface area contributed by atoms with E-state index in [1.165, 1.54) is 22.3 Å². The van der Waals surface area contributed by atoms with E-state index in [-0.39, 0.29) is 23.0 Å². The average Bonchev–Trinajstić information content (AvgIpc) is 3.23. The van der Waals surface area contributed by atoms with Crippen molar-refractivity contribution in [1.29, 1.82) is 0 Å². The number of hydrogen-bond donors (Lipinski definition) is 0. The Balaban J connectivity index is 1.38. The molecule has 0 fully saturated rings. The van der Waals surface area contributed by atoms with Crippen LogP contribution in [0.25, 0.3) is 0 Å². The Hall–Kier alpha value is -5.52. The maximum atomic E-state index is 7.67. The van der Waals surface area contributed by atoms with Crippen molar-refractivity contribution in [2.75, 3.05) is 14.2 Å². The molecule has 296 valence electrons. The first-order valence-corrected chi connectivity index (χ1v) is 20.2. The van der Waals surface area contributed by atoms with Crippen molar-refractivity contribution in [3.05, 3.63) is 179 Å². The van der Waals surface area contributed by atoms with Crippen LogP contribution in [0.5, 0.6) is 34.5 Å². The average molecular weight is 763 g/mol. The van der Waals surface area contributed by atoms with Gasteiger partial charge in [-0.1, -0.05) is 126 Å². The zero-order valence-electron chi connectivity index (χ0n) is 34.9. The van der Waals surface area contributed by atoms with E-state index in [0.717, 1.165) is 58.5 Å². The van der Waals surface area contributed by atoms with Gasteiger partial charge in [-0.15, -0.1) is 0 Å². The van der Waals surface area contributed by atoms with E-state index in [4.69, 9.17) is 23.7 Å². The zero-order chi connectivity index (χ0) is 40.4. The number of aryl methyl sites for hydroxylation is 2. The summed E-state index contributed by atoms with van der Waals surface area (Å²) in [5.41, 5.74) is 6.69. The van der Waals surface area contributed by atoms with Crippen molar-refractivity contribution < 1.29 is 23.7 Å². The minimum absolute atomic E-state index is 0.201. The van der Waals surface area contributed by atoms with Gasteiger partial charge in [0.05, 0.1) is 26.4 Å². The molecule has 6 rings (SSSR count). The highest BCUT2D eigenvalue weighted by Gasteiger charge is 2.40. The summed E-state index contributed by atoms with van der Waals surface area (Å²) in [7, 11) is 3.33. The first-order valence-electron chi connectivity index (χ1n) is 20.2. The minimum atomic E-state index is -0.354. The Bertz CT molecular complexity index is 2030. The van der Waals surface area contributed by atoms with Crippen molar-refractivity contribution in [1.82, 2.24) is 0 Å². The second kappa shape index (κ2) is 18.6.